The largest absolute Gasteiger partial charge is 0.395 e. The highest BCUT2D eigenvalue weighted by molar-refractivity contribution is 8.02. The molecule has 5 atom stereocenters. The number of morpholine rings is 1. The molecule has 0 radical (unpaired) electrons. The van der Waals surface area contributed by atoms with E-state index in [1.54, 1.807) is 16.7 Å². The van der Waals surface area contributed by atoms with E-state index in [2.05, 4.69) is 11.0 Å². The first-order valence-electron chi connectivity index (χ1n) is 13.2. The molecule has 9 nitrogen and oxygen atoms in total. The molecule has 3 amide bonds. The molecular weight excluding hydrogens is 480 g/mol. The summed E-state index contributed by atoms with van der Waals surface area (Å²) in [5.74, 6) is -1.48. The Hall–Kier alpha value is -1.88. The highest BCUT2D eigenvalue weighted by Crippen LogP contribution is 2.65. The molecule has 3 fully saturated rings. The van der Waals surface area contributed by atoms with Crippen molar-refractivity contribution >= 4 is 29.5 Å². The topological polar surface area (TPSA) is 93.6 Å². The maximum Gasteiger partial charge on any atom is 0.247 e. The molecule has 5 heterocycles. The van der Waals surface area contributed by atoms with Gasteiger partial charge < -0.3 is 24.5 Å². The minimum absolute atomic E-state index is 0.00839. The second-order valence-corrected chi connectivity index (χ2v) is 12.4. The summed E-state index contributed by atoms with van der Waals surface area (Å²) in [4.78, 5) is 49.6. The second kappa shape index (κ2) is 10.1. The molecule has 0 saturated carbocycles. The van der Waals surface area contributed by atoms with Crippen LogP contribution in [0.4, 0.5) is 0 Å². The van der Waals surface area contributed by atoms with Crippen LogP contribution in [0.15, 0.2) is 24.3 Å². The maximum absolute atomic E-state index is 14.1. The number of rotatable bonds is 7. The number of nitrogens with zero attached hydrogens (tertiary/aromatic N) is 4. The van der Waals surface area contributed by atoms with E-state index < -0.39 is 27.4 Å². The standard InChI is InChI=1S/C26H38N4O5S/c1-3-8-28-9-4-6-25(2)19(22(28)32)20-23(33)30(13-16-31)21-24(34)29(10-5-7-26(20,21)36-25)12-11-27-14-17-35-18-15-27/h4-7,19-21,31H,3,8-18H2,1-2H3/t19-,20-,21?,25+,26-/m0/s1. The summed E-state index contributed by atoms with van der Waals surface area (Å²) >= 11 is 1.60. The van der Waals surface area contributed by atoms with E-state index in [1.807, 2.05) is 41.9 Å². The van der Waals surface area contributed by atoms with Crippen LogP contribution in [0.3, 0.4) is 0 Å². The Labute approximate surface area is 217 Å². The second-order valence-electron chi connectivity index (χ2n) is 10.6. The van der Waals surface area contributed by atoms with Crippen molar-refractivity contribution in [1.29, 1.82) is 0 Å². The summed E-state index contributed by atoms with van der Waals surface area (Å²) in [5.41, 5.74) is 0. The molecule has 1 unspecified atom stereocenters. The van der Waals surface area contributed by atoms with Crippen molar-refractivity contribution in [2.75, 3.05) is 72.2 Å². The third kappa shape index (κ3) is 4.10. The lowest BCUT2D eigenvalue weighted by atomic mass is 9.74. The van der Waals surface area contributed by atoms with Gasteiger partial charge in [-0.2, -0.15) is 0 Å². The molecule has 3 saturated heterocycles. The fraction of sp³-hybridized carbons (Fsp3) is 0.731. The number of amides is 3. The molecule has 1 spiro atoms. The van der Waals surface area contributed by atoms with E-state index in [4.69, 9.17) is 4.74 Å². The molecule has 198 valence electrons. The van der Waals surface area contributed by atoms with Gasteiger partial charge in [-0.05, 0) is 13.3 Å². The SMILES string of the molecule is CCCN1CC=C[C@@]2(C)S[C@]34C=CCN(CCN5CCOCC5)C(=O)C3N(CCO)C(=O)[C@@H]4[C@H]2C1=O. The van der Waals surface area contributed by atoms with Crippen LogP contribution in [-0.4, -0.2) is 130 Å². The van der Waals surface area contributed by atoms with Crippen LogP contribution < -0.4 is 0 Å². The number of aliphatic hydroxyl groups is 1. The van der Waals surface area contributed by atoms with Gasteiger partial charge in [0.25, 0.3) is 0 Å². The van der Waals surface area contributed by atoms with E-state index in [0.717, 1.165) is 26.1 Å². The predicted molar refractivity (Wildman–Crippen MR) is 137 cm³/mol. The molecule has 1 N–H and O–H groups in total. The molecule has 36 heavy (non-hydrogen) atoms. The Bertz CT molecular complexity index is 953. The van der Waals surface area contributed by atoms with Crippen molar-refractivity contribution in [2.24, 2.45) is 11.8 Å². The fourth-order valence-electron chi connectivity index (χ4n) is 6.73. The average molecular weight is 519 g/mol. The van der Waals surface area contributed by atoms with Gasteiger partial charge in [0.05, 0.1) is 36.4 Å². The molecular formula is C26H38N4O5S. The summed E-state index contributed by atoms with van der Waals surface area (Å²) < 4.78 is 4.02. The zero-order valence-corrected chi connectivity index (χ0v) is 22.1. The van der Waals surface area contributed by atoms with Crippen LogP contribution in [0, 0.1) is 11.8 Å². The zero-order chi connectivity index (χ0) is 25.5. The Balaban J connectivity index is 1.49. The Morgan fingerprint density at radius 2 is 1.64 bits per heavy atom. The van der Waals surface area contributed by atoms with Gasteiger partial charge in [0.2, 0.25) is 17.7 Å². The molecule has 0 aromatic carbocycles. The van der Waals surface area contributed by atoms with Crippen LogP contribution in [0.25, 0.3) is 0 Å². The van der Waals surface area contributed by atoms with Gasteiger partial charge in [-0.3, -0.25) is 19.3 Å². The first-order valence-corrected chi connectivity index (χ1v) is 14.0. The summed E-state index contributed by atoms with van der Waals surface area (Å²) in [6.07, 6.45) is 9.03. The molecule has 5 rings (SSSR count). The maximum atomic E-state index is 14.1. The van der Waals surface area contributed by atoms with Gasteiger partial charge in [-0.1, -0.05) is 31.2 Å². The lowest BCUT2D eigenvalue weighted by molar-refractivity contribution is -0.145. The summed E-state index contributed by atoms with van der Waals surface area (Å²) in [7, 11) is 0. The molecule has 10 heteroatoms. The third-order valence-corrected chi connectivity index (χ3v) is 10.1. The minimum Gasteiger partial charge on any atom is -0.395 e. The van der Waals surface area contributed by atoms with E-state index in [0.29, 0.717) is 39.4 Å². The first-order chi connectivity index (χ1) is 17.4. The summed E-state index contributed by atoms with van der Waals surface area (Å²) in [6.45, 7) is 10.0. The van der Waals surface area contributed by atoms with Crippen molar-refractivity contribution in [2.45, 2.75) is 35.8 Å². The lowest BCUT2D eigenvalue weighted by Crippen LogP contribution is -2.55. The van der Waals surface area contributed by atoms with Crippen LogP contribution in [0.2, 0.25) is 0 Å². The monoisotopic (exact) mass is 518 g/mol. The number of aliphatic hydroxyl groups excluding tert-OH is 1. The zero-order valence-electron chi connectivity index (χ0n) is 21.3. The van der Waals surface area contributed by atoms with Crippen molar-refractivity contribution in [1.82, 2.24) is 19.6 Å². The van der Waals surface area contributed by atoms with Crippen molar-refractivity contribution < 1.29 is 24.2 Å². The molecule has 5 aliphatic heterocycles. The van der Waals surface area contributed by atoms with Crippen LogP contribution in [0.1, 0.15) is 20.3 Å². The number of hydrogen-bond donors (Lipinski definition) is 1. The number of β-amino-alcohol motifs (C(OH)–C–C–N with tert-alkyl or cyclic N) is 1. The van der Waals surface area contributed by atoms with E-state index in [-0.39, 0.29) is 30.9 Å². The Morgan fingerprint density at radius 3 is 2.33 bits per heavy atom. The third-order valence-electron chi connectivity index (χ3n) is 8.35. The quantitative estimate of drug-likeness (QED) is 0.482. The number of carbonyl (C=O) groups excluding carboxylic acids is 3. The molecule has 0 aromatic heterocycles. The lowest BCUT2D eigenvalue weighted by Gasteiger charge is -2.37. The highest BCUT2D eigenvalue weighted by atomic mass is 32.2. The van der Waals surface area contributed by atoms with Crippen molar-refractivity contribution in [3.8, 4) is 0 Å². The number of carbonyl (C=O) groups is 3. The van der Waals surface area contributed by atoms with Crippen LogP contribution in [0.5, 0.6) is 0 Å². The first kappa shape index (κ1) is 25.8. The van der Waals surface area contributed by atoms with Crippen molar-refractivity contribution in [3.63, 3.8) is 0 Å². The van der Waals surface area contributed by atoms with E-state index >= 15 is 0 Å². The average Bonchev–Trinajstić information content (AvgIpc) is 3.13. The highest BCUT2D eigenvalue weighted by Gasteiger charge is 2.73. The van der Waals surface area contributed by atoms with Gasteiger partial charge in [0, 0.05) is 57.1 Å². The molecule has 0 bridgehead atoms. The van der Waals surface area contributed by atoms with Gasteiger partial charge in [-0.25, -0.2) is 0 Å². The van der Waals surface area contributed by atoms with Gasteiger partial charge >= 0.3 is 0 Å². The minimum atomic E-state index is -0.842. The molecule has 0 aromatic rings. The van der Waals surface area contributed by atoms with Gasteiger partial charge in [0.1, 0.15) is 6.04 Å². The summed E-state index contributed by atoms with van der Waals surface area (Å²) in [6, 6.07) is -0.736. The Morgan fingerprint density at radius 1 is 0.944 bits per heavy atom. The van der Waals surface area contributed by atoms with Crippen molar-refractivity contribution in [3.05, 3.63) is 24.3 Å². The van der Waals surface area contributed by atoms with Gasteiger partial charge in [0.15, 0.2) is 0 Å². The smallest absolute Gasteiger partial charge is 0.247 e. The van der Waals surface area contributed by atoms with E-state index in [1.165, 1.54) is 0 Å². The van der Waals surface area contributed by atoms with E-state index in [9.17, 15) is 19.5 Å². The molecule has 5 aliphatic rings. The van der Waals surface area contributed by atoms with Crippen LogP contribution in [-0.2, 0) is 19.1 Å². The normalized spacial score (nSPS) is 36.7. The number of thioether (sulfide) groups is 1. The number of hydrogen-bond acceptors (Lipinski definition) is 7. The predicted octanol–water partition coefficient (Wildman–Crippen LogP) is 0.205. The number of fused-ring (bicyclic) bond motifs is 2. The number of ether oxygens (including phenoxy) is 1. The number of likely N-dealkylation sites (tertiary alicyclic amines) is 1. The van der Waals surface area contributed by atoms with Crippen LogP contribution >= 0.6 is 11.8 Å². The Kier molecular flexibility index (Phi) is 7.24. The fourth-order valence-corrected chi connectivity index (χ4v) is 8.88. The summed E-state index contributed by atoms with van der Waals surface area (Å²) in [5, 5.41) is 9.84. The molecule has 0 aliphatic carbocycles. The van der Waals surface area contributed by atoms with Gasteiger partial charge in [-0.15, -0.1) is 11.8 Å².